The Morgan fingerprint density at radius 1 is 1.10 bits per heavy atom. The van der Waals surface area contributed by atoms with Crippen LogP contribution in [0.1, 0.15) is 16.7 Å². The molecule has 3 aromatic rings. The van der Waals surface area contributed by atoms with Gasteiger partial charge in [-0.25, -0.2) is 4.39 Å². The summed E-state index contributed by atoms with van der Waals surface area (Å²) in [5.74, 6) is 0.562. The lowest BCUT2D eigenvalue weighted by Gasteiger charge is -2.14. The van der Waals surface area contributed by atoms with Crippen LogP contribution in [0.5, 0.6) is 11.5 Å². The first-order valence-electron chi connectivity index (χ1n) is 8.92. The second-order valence-corrected chi connectivity index (χ2v) is 7.36. The van der Waals surface area contributed by atoms with Crippen molar-refractivity contribution in [2.45, 2.75) is 6.61 Å². The van der Waals surface area contributed by atoms with E-state index in [-0.39, 0.29) is 18.3 Å². The molecule has 0 unspecified atom stereocenters. The average molecular weight is 454 g/mol. The lowest BCUT2D eigenvalue weighted by molar-refractivity contribution is -0.110. The number of fused-ring (bicyclic) bond motifs is 1. The van der Waals surface area contributed by atoms with Crippen molar-refractivity contribution in [3.05, 3.63) is 87.6 Å². The fraction of sp³-hybridized carbons (Fsp3) is 0.0870. The van der Waals surface area contributed by atoms with Gasteiger partial charge in [0.1, 0.15) is 12.4 Å². The lowest BCUT2D eigenvalue weighted by Crippen LogP contribution is -2.03. The molecule has 146 valence electrons. The van der Waals surface area contributed by atoms with Crippen LogP contribution < -0.4 is 14.8 Å². The zero-order chi connectivity index (χ0) is 20.4. The Kier molecular flexibility index (Phi) is 5.36. The van der Waals surface area contributed by atoms with Crippen molar-refractivity contribution < 1.29 is 18.7 Å². The standard InChI is InChI=1S/C23H17BrFNO3/c1-28-21-12-15(10-18-17-7-2-3-8-20(17)26-23(18)27)11-19(24)22(21)29-13-14-5-4-6-16(25)9-14/h2-12H,13H2,1H3,(H,26,27)/b18-10-. The molecule has 1 heterocycles. The summed E-state index contributed by atoms with van der Waals surface area (Å²) in [5, 5.41) is 2.86. The predicted molar refractivity (Wildman–Crippen MR) is 114 cm³/mol. The van der Waals surface area contributed by atoms with Gasteiger partial charge < -0.3 is 14.8 Å². The lowest BCUT2D eigenvalue weighted by atomic mass is 10.0. The molecule has 0 saturated heterocycles. The van der Waals surface area contributed by atoms with Crippen molar-refractivity contribution in [2.75, 3.05) is 12.4 Å². The fourth-order valence-electron chi connectivity index (χ4n) is 3.19. The maximum Gasteiger partial charge on any atom is 0.256 e. The summed E-state index contributed by atoms with van der Waals surface area (Å²) in [4.78, 5) is 12.4. The highest BCUT2D eigenvalue weighted by atomic mass is 79.9. The van der Waals surface area contributed by atoms with Crippen molar-refractivity contribution in [2.24, 2.45) is 0 Å². The van der Waals surface area contributed by atoms with Crippen LogP contribution in [-0.2, 0) is 11.4 Å². The SMILES string of the molecule is COc1cc(/C=C2\C(=O)Nc3ccccc32)cc(Br)c1OCc1cccc(F)c1. The van der Waals surface area contributed by atoms with E-state index in [1.54, 1.807) is 25.3 Å². The number of para-hydroxylation sites is 1. The van der Waals surface area contributed by atoms with E-state index in [0.717, 1.165) is 16.8 Å². The third-order valence-electron chi connectivity index (χ3n) is 4.55. The number of carbonyl (C=O) groups excluding carboxylic acids is 1. The number of nitrogens with one attached hydrogen (secondary N) is 1. The number of amides is 1. The molecule has 0 saturated carbocycles. The highest BCUT2D eigenvalue weighted by Gasteiger charge is 2.23. The van der Waals surface area contributed by atoms with Gasteiger partial charge in [0, 0.05) is 16.8 Å². The van der Waals surface area contributed by atoms with Gasteiger partial charge in [0.25, 0.3) is 5.91 Å². The van der Waals surface area contributed by atoms with Gasteiger partial charge in [0.05, 0.1) is 11.6 Å². The van der Waals surface area contributed by atoms with Crippen molar-refractivity contribution in [1.82, 2.24) is 0 Å². The van der Waals surface area contributed by atoms with E-state index >= 15 is 0 Å². The molecule has 1 amide bonds. The Morgan fingerprint density at radius 3 is 2.72 bits per heavy atom. The van der Waals surface area contributed by atoms with Crippen molar-refractivity contribution in [3.63, 3.8) is 0 Å². The molecule has 1 aliphatic rings. The van der Waals surface area contributed by atoms with Crippen LogP contribution in [0.3, 0.4) is 0 Å². The van der Waals surface area contributed by atoms with Crippen molar-refractivity contribution >= 4 is 39.2 Å². The van der Waals surface area contributed by atoms with Gasteiger partial charge in [-0.3, -0.25) is 4.79 Å². The van der Waals surface area contributed by atoms with E-state index < -0.39 is 0 Å². The van der Waals surface area contributed by atoms with Crippen LogP contribution in [0.25, 0.3) is 11.6 Å². The number of ether oxygens (including phenoxy) is 2. The third-order valence-corrected chi connectivity index (χ3v) is 5.13. The minimum Gasteiger partial charge on any atom is -0.493 e. The topological polar surface area (TPSA) is 47.6 Å². The number of methoxy groups -OCH3 is 1. The summed E-state index contributed by atoms with van der Waals surface area (Å²) in [6.45, 7) is 0.197. The van der Waals surface area contributed by atoms with Gasteiger partial charge in [0.15, 0.2) is 11.5 Å². The Labute approximate surface area is 176 Å². The molecule has 0 radical (unpaired) electrons. The maximum absolute atomic E-state index is 13.4. The van der Waals surface area contributed by atoms with Gasteiger partial charge in [0.2, 0.25) is 0 Å². The number of rotatable bonds is 5. The van der Waals surface area contributed by atoms with E-state index in [2.05, 4.69) is 21.2 Å². The Bertz CT molecular complexity index is 1130. The minimum absolute atomic E-state index is 0.146. The van der Waals surface area contributed by atoms with E-state index in [9.17, 15) is 9.18 Å². The predicted octanol–water partition coefficient (Wildman–Crippen LogP) is 5.67. The van der Waals surface area contributed by atoms with E-state index in [0.29, 0.717) is 27.1 Å². The Morgan fingerprint density at radius 2 is 1.93 bits per heavy atom. The van der Waals surface area contributed by atoms with Gasteiger partial charge in [-0.2, -0.15) is 0 Å². The van der Waals surface area contributed by atoms with Gasteiger partial charge in [-0.15, -0.1) is 0 Å². The molecule has 1 N–H and O–H groups in total. The summed E-state index contributed by atoms with van der Waals surface area (Å²) in [7, 11) is 1.55. The first-order chi connectivity index (χ1) is 14.0. The van der Waals surface area contributed by atoms with Crippen LogP contribution in [-0.4, -0.2) is 13.0 Å². The highest BCUT2D eigenvalue weighted by Crippen LogP contribution is 2.39. The number of benzene rings is 3. The van der Waals surface area contributed by atoms with Crippen LogP contribution in [0.4, 0.5) is 10.1 Å². The zero-order valence-electron chi connectivity index (χ0n) is 15.5. The first kappa shape index (κ1) is 19.2. The minimum atomic E-state index is -0.311. The number of hydrogen-bond donors (Lipinski definition) is 1. The summed E-state index contributed by atoms with van der Waals surface area (Å²) >= 11 is 3.51. The molecule has 1 aliphatic heterocycles. The molecule has 0 spiro atoms. The summed E-state index contributed by atoms with van der Waals surface area (Å²) in [6, 6.07) is 17.4. The smallest absolute Gasteiger partial charge is 0.256 e. The molecule has 29 heavy (non-hydrogen) atoms. The molecule has 0 bridgehead atoms. The van der Waals surface area contributed by atoms with Gasteiger partial charge >= 0.3 is 0 Å². The summed E-state index contributed by atoms with van der Waals surface area (Å²) in [6.07, 6.45) is 1.81. The second-order valence-electron chi connectivity index (χ2n) is 6.51. The van der Waals surface area contributed by atoms with Crippen molar-refractivity contribution in [3.8, 4) is 11.5 Å². The normalized spacial score (nSPS) is 13.9. The fourth-order valence-corrected chi connectivity index (χ4v) is 3.77. The number of halogens is 2. The molecule has 0 atom stereocenters. The molecule has 4 rings (SSSR count). The van der Waals surface area contributed by atoms with Gasteiger partial charge in [-0.1, -0.05) is 30.3 Å². The first-order valence-corrected chi connectivity index (χ1v) is 9.71. The third kappa shape index (κ3) is 4.03. The molecular formula is C23H17BrFNO3. The summed E-state index contributed by atoms with van der Waals surface area (Å²) in [5.41, 5.74) is 3.74. The summed E-state index contributed by atoms with van der Waals surface area (Å²) < 4.78 is 25.4. The van der Waals surface area contributed by atoms with Crippen LogP contribution in [0, 0.1) is 5.82 Å². The van der Waals surface area contributed by atoms with Gasteiger partial charge in [-0.05, 0) is 63.5 Å². The quantitative estimate of drug-likeness (QED) is 0.506. The largest absolute Gasteiger partial charge is 0.493 e. The number of hydrogen-bond acceptors (Lipinski definition) is 3. The Balaban J connectivity index is 1.64. The second kappa shape index (κ2) is 8.09. The molecular weight excluding hydrogens is 437 g/mol. The monoisotopic (exact) mass is 453 g/mol. The molecule has 3 aromatic carbocycles. The average Bonchev–Trinajstić information content (AvgIpc) is 3.02. The van der Waals surface area contributed by atoms with Crippen LogP contribution >= 0.6 is 15.9 Å². The molecule has 4 nitrogen and oxygen atoms in total. The van der Waals surface area contributed by atoms with Crippen LogP contribution in [0.15, 0.2) is 65.1 Å². The molecule has 6 heteroatoms. The zero-order valence-corrected chi connectivity index (χ0v) is 17.1. The van der Waals surface area contributed by atoms with Crippen molar-refractivity contribution in [1.29, 1.82) is 0 Å². The van der Waals surface area contributed by atoms with E-state index in [4.69, 9.17) is 9.47 Å². The number of carbonyl (C=O) groups is 1. The number of anilines is 1. The Hall–Kier alpha value is -3.12. The molecule has 0 aromatic heterocycles. The molecule has 0 aliphatic carbocycles. The van der Waals surface area contributed by atoms with E-state index in [1.807, 2.05) is 36.4 Å². The maximum atomic E-state index is 13.4. The molecule has 0 fully saturated rings. The highest BCUT2D eigenvalue weighted by molar-refractivity contribution is 9.10. The van der Waals surface area contributed by atoms with E-state index in [1.165, 1.54) is 12.1 Å². The van der Waals surface area contributed by atoms with Crippen LogP contribution in [0.2, 0.25) is 0 Å².